The molecule has 0 atom stereocenters. The first kappa shape index (κ1) is 16.0. The zero-order valence-corrected chi connectivity index (χ0v) is 16.7. The maximum atomic E-state index is 4.97. The van der Waals surface area contributed by atoms with E-state index in [-0.39, 0.29) is 0 Å². The molecule has 0 radical (unpaired) electrons. The van der Waals surface area contributed by atoms with Crippen molar-refractivity contribution in [2.45, 2.75) is 10.7 Å². The van der Waals surface area contributed by atoms with Gasteiger partial charge in [0.05, 0.1) is 33.1 Å². The van der Waals surface area contributed by atoms with Crippen molar-refractivity contribution in [3.8, 4) is 0 Å². The first-order valence-electron chi connectivity index (χ1n) is 8.17. The summed E-state index contributed by atoms with van der Waals surface area (Å²) in [6.07, 6.45) is 3.59. The van der Waals surface area contributed by atoms with Gasteiger partial charge in [-0.05, 0) is 47.5 Å². The van der Waals surface area contributed by atoms with Crippen molar-refractivity contribution in [1.82, 2.24) is 19.9 Å². The van der Waals surface area contributed by atoms with Crippen LogP contribution in [0.2, 0.25) is 0 Å². The molecule has 0 N–H and O–H groups in total. The fraction of sp³-hybridized carbons (Fsp3) is 0.100. The molecule has 5 rings (SSSR count). The highest BCUT2D eigenvalue weighted by Gasteiger charge is 2.14. The van der Waals surface area contributed by atoms with Crippen LogP contribution in [0.5, 0.6) is 0 Å². The van der Waals surface area contributed by atoms with E-state index >= 15 is 0 Å². The Hall–Kier alpha value is -2.18. The van der Waals surface area contributed by atoms with Gasteiger partial charge in [0.25, 0.3) is 0 Å². The number of rotatable bonds is 2. The number of pyridine rings is 2. The number of hydrogen-bond acceptors (Lipinski definition) is 4. The quantitative estimate of drug-likeness (QED) is 0.190. The Morgan fingerprint density at radius 1 is 0.654 bits per heavy atom. The highest BCUT2D eigenvalue weighted by molar-refractivity contribution is 9.09. The molecule has 4 nitrogen and oxygen atoms in total. The van der Waals surface area contributed by atoms with Gasteiger partial charge in [-0.25, -0.2) is 9.97 Å². The molecule has 126 valence electrons. The molecule has 0 unspecified atom stereocenters. The Kier molecular flexibility index (Phi) is 3.83. The molecule has 6 heteroatoms. The van der Waals surface area contributed by atoms with Gasteiger partial charge in [-0.15, -0.1) is 0 Å². The van der Waals surface area contributed by atoms with E-state index in [1.54, 1.807) is 12.4 Å². The zero-order chi connectivity index (χ0) is 17.7. The third-order valence-electron chi connectivity index (χ3n) is 4.62. The second kappa shape index (κ2) is 6.21. The molecular formula is C20H12Br2N4. The van der Waals surface area contributed by atoms with Crippen LogP contribution in [0.25, 0.3) is 43.9 Å². The van der Waals surface area contributed by atoms with Gasteiger partial charge in [-0.2, -0.15) is 0 Å². The van der Waals surface area contributed by atoms with Crippen molar-refractivity contribution in [2.75, 3.05) is 0 Å². The van der Waals surface area contributed by atoms with Gasteiger partial charge in [-0.3, -0.25) is 9.97 Å². The first-order chi connectivity index (χ1) is 12.8. The predicted molar refractivity (Wildman–Crippen MR) is 113 cm³/mol. The zero-order valence-electron chi connectivity index (χ0n) is 13.6. The van der Waals surface area contributed by atoms with E-state index in [9.17, 15) is 0 Å². The molecule has 0 aliphatic carbocycles. The number of nitrogens with zero attached hydrogens (tertiary/aromatic N) is 4. The van der Waals surface area contributed by atoms with Gasteiger partial charge in [0.1, 0.15) is 0 Å². The Bertz CT molecular complexity index is 1220. The van der Waals surface area contributed by atoms with Gasteiger partial charge in [0.2, 0.25) is 0 Å². The van der Waals surface area contributed by atoms with E-state index < -0.39 is 0 Å². The molecule has 0 saturated carbocycles. The Morgan fingerprint density at radius 2 is 1.12 bits per heavy atom. The molecule has 3 aromatic heterocycles. The van der Waals surface area contributed by atoms with Crippen LogP contribution in [-0.4, -0.2) is 19.9 Å². The van der Waals surface area contributed by atoms with Crippen LogP contribution < -0.4 is 0 Å². The lowest BCUT2D eigenvalue weighted by atomic mass is 10.1. The van der Waals surface area contributed by atoms with E-state index in [0.717, 1.165) is 54.5 Å². The number of hydrogen-bond donors (Lipinski definition) is 0. The van der Waals surface area contributed by atoms with Crippen LogP contribution in [0.4, 0.5) is 0 Å². The fourth-order valence-electron chi connectivity index (χ4n) is 3.38. The summed E-state index contributed by atoms with van der Waals surface area (Å²) < 4.78 is 0. The molecule has 2 aromatic carbocycles. The molecule has 26 heavy (non-hydrogen) atoms. The van der Waals surface area contributed by atoms with Gasteiger partial charge in [0, 0.05) is 33.8 Å². The summed E-state index contributed by atoms with van der Waals surface area (Å²) in [5.41, 5.74) is 7.68. The largest absolute Gasteiger partial charge is 0.254 e. The summed E-state index contributed by atoms with van der Waals surface area (Å²) in [4.78, 5) is 19.1. The summed E-state index contributed by atoms with van der Waals surface area (Å²) in [7, 11) is 0. The lowest BCUT2D eigenvalue weighted by Gasteiger charge is -2.10. The van der Waals surface area contributed by atoms with E-state index in [1.165, 1.54) is 11.1 Å². The first-order valence-corrected chi connectivity index (χ1v) is 10.4. The maximum absolute atomic E-state index is 4.97. The lowest BCUT2D eigenvalue weighted by Crippen LogP contribution is -1.96. The van der Waals surface area contributed by atoms with Crippen LogP contribution in [0.15, 0.2) is 48.8 Å². The van der Waals surface area contributed by atoms with Crippen LogP contribution in [0, 0.1) is 0 Å². The Balaban J connectivity index is 2.03. The molecule has 0 aliphatic heterocycles. The number of fused-ring (bicyclic) bond motifs is 7. The van der Waals surface area contributed by atoms with Crippen molar-refractivity contribution < 1.29 is 0 Å². The third kappa shape index (κ3) is 2.32. The predicted octanol–water partition coefficient (Wildman–Crippen LogP) is 5.67. The number of benzene rings is 2. The van der Waals surface area contributed by atoms with Gasteiger partial charge in [-0.1, -0.05) is 31.9 Å². The minimum absolute atomic E-state index is 0.785. The normalized spacial score (nSPS) is 11.8. The number of aromatic nitrogens is 4. The second-order valence-electron chi connectivity index (χ2n) is 6.10. The van der Waals surface area contributed by atoms with E-state index in [4.69, 9.17) is 9.97 Å². The van der Waals surface area contributed by atoms with Crippen molar-refractivity contribution in [1.29, 1.82) is 0 Å². The number of halogens is 2. The minimum Gasteiger partial charge on any atom is -0.254 e. The Labute approximate surface area is 166 Å². The monoisotopic (exact) mass is 466 g/mol. The van der Waals surface area contributed by atoms with Crippen molar-refractivity contribution in [3.63, 3.8) is 0 Å². The van der Waals surface area contributed by atoms with Gasteiger partial charge < -0.3 is 0 Å². The van der Waals surface area contributed by atoms with Crippen LogP contribution in [-0.2, 0) is 10.7 Å². The summed E-state index contributed by atoms with van der Waals surface area (Å²) in [6.45, 7) is 0. The SMILES string of the molecule is BrCc1cc2nc3c4cccnc4c4ncccc4c3nc2cc1CBr. The van der Waals surface area contributed by atoms with Crippen molar-refractivity contribution >= 4 is 75.7 Å². The van der Waals surface area contributed by atoms with Gasteiger partial charge in [0.15, 0.2) is 0 Å². The lowest BCUT2D eigenvalue weighted by molar-refractivity contribution is 1.29. The summed E-state index contributed by atoms with van der Waals surface area (Å²) in [6, 6.07) is 12.2. The van der Waals surface area contributed by atoms with Crippen molar-refractivity contribution in [3.05, 3.63) is 59.9 Å². The molecule has 0 bridgehead atoms. The molecule has 0 aliphatic rings. The van der Waals surface area contributed by atoms with E-state index in [1.807, 2.05) is 24.3 Å². The summed E-state index contributed by atoms with van der Waals surface area (Å²) in [5, 5.41) is 3.53. The smallest absolute Gasteiger partial charge is 0.0996 e. The molecule has 3 heterocycles. The summed E-state index contributed by atoms with van der Waals surface area (Å²) >= 11 is 7.14. The molecule has 0 fully saturated rings. The molecule has 0 saturated heterocycles. The summed E-state index contributed by atoms with van der Waals surface area (Å²) in [5.74, 6) is 0. The third-order valence-corrected chi connectivity index (χ3v) is 5.83. The highest BCUT2D eigenvalue weighted by atomic mass is 79.9. The van der Waals surface area contributed by atoms with Crippen LogP contribution >= 0.6 is 31.9 Å². The molecule has 5 aromatic rings. The average molecular weight is 468 g/mol. The van der Waals surface area contributed by atoms with Crippen molar-refractivity contribution in [2.24, 2.45) is 0 Å². The minimum atomic E-state index is 0.785. The topological polar surface area (TPSA) is 51.6 Å². The highest BCUT2D eigenvalue weighted by Crippen LogP contribution is 2.32. The average Bonchev–Trinajstić information content (AvgIpc) is 2.71. The van der Waals surface area contributed by atoms with E-state index in [2.05, 4.69) is 54.0 Å². The molecular weight excluding hydrogens is 456 g/mol. The molecule has 0 amide bonds. The maximum Gasteiger partial charge on any atom is 0.0996 e. The number of alkyl halides is 2. The van der Waals surface area contributed by atoms with E-state index in [0.29, 0.717) is 0 Å². The molecule has 0 spiro atoms. The van der Waals surface area contributed by atoms with Crippen LogP contribution in [0.1, 0.15) is 11.1 Å². The van der Waals surface area contributed by atoms with Crippen LogP contribution in [0.3, 0.4) is 0 Å². The fourth-order valence-corrected chi connectivity index (χ4v) is 4.43. The van der Waals surface area contributed by atoms with Gasteiger partial charge >= 0.3 is 0 Å². The second-order valence-corrected chi connectivity index (χ2v) is 7.22. The standard InChI is InChI=1S/C20H12Br2N4/c21-9-11-7-15-16(8-12(11)10-22)26-20-14-4-2-6-24-18(14)17-13(19(20)25-15)3-1-5-23-17/h1-8H,9-10H2. The Morgan fingerprint density at radius 3 is 1.54 bits per heavy atom.